The van der Waals surface area contributed by atoms with Gasteiger partial charge in [0.2, 0.25) is 0 Å². The Hall–Kier alpha value is -3.97. The molecule has 1 aliphatic rings. The zero-order chi connectivity index (χ0) is 27.7. The maximum absolute atomic E-state index is 13.5. The van der Waals surface area contributed by atoms with Crippen LogP contribution in [0.5, 0.6) is 0 Å². The van der Waals surface area contributed by atoms with Gasteiger partial charge in [-0.15, -0.1) is 11.3 Å². The number of furan rings is 1. The first-order chi connectivity index (χ1) is 18.6. The molecule has 0 saturated carbocycles. The third-order valence-corrected chi connectivity index (χ3v) is 8.66. The Kier molecular flexibility index (Phi) is 7.28. The van der Waals surface area contributed by atoms with Crippen LogP contribution in [0.15, 0.2) is 70.1 Å². The van der Waals surface area contributed by atoms with Crippen molar-refractivity contribution in [3.8, 4) is 11.3 Å². The minimum absolute atomic E-state index is 0.152. The topological polar surface area (TPSA) is 91.9 Å². The molecule has 0 bridgehead atoms. The molecule has 2 N–H and O–H groups in total. The fourth-order valence-corrected chi connectivity index (χ4v) is 6.44. The lowest BCUT2D eigenvalue weighted by atomic mass is 9.72. The number of aliphatic imine (C=N–C) groups is 1. The second-order valence-electron chi connectivity index (χ2n) is 11.1. The smallest absolute Gasteiger partial charge is 0.335 e. The molecule has 0 spiro atoms. The molecule has 0 radical (unpaired) electrons. The summed E-state index contributed by atoms with van der Waals surface area (Å²) >= 11 is 1.59. The van der Waals surface area contributed by atoms with Crippen LogP contribution in [0.25, 0.3) is 11.3 Å². The molecule has 0 saturated heterocycles. The molecule has 0 fully saturated rings. The molecule has 1 atom stereocenters. The van der Waals surface area contributed by atoms with Crippen molar-refractivity contribution in [3.63, 3.8) is 0 Å². The Balaban J connectivity index is 1.47. The third kappa shape index (κ3) is 5.59. The van der Waals surface area contributed by atoms with E-state index in [0.29, 0.717) is 33.6 Å². The average molecular weight is 541 g/mol. The highest BCUT2D eigenvalue weighted by atomic mass is 32.1. The summed E-state index contributed by atoms with van der Waals surface area (Å²) in [7, 11) is 0. The van der Waals surface area contributed by atoms with Crippen LogP contribution in [0.1, 0.15) is 69.7 Å². The lowest BCUT2D eigenvalue weighted by molar-refractivity contribution is 0.0696. The number of carbonyl (C=O) groups is 2. The van der Waals surface area contributed by atoms with Crippen molar-refractivity contribution in [2.24, 2.45) is 16.3 Å². The van der Waals surface area contributed by atoms with Crippen LogP contribution in [0.2, 0.25) is 0 Å². The predicted octanol–water partition coefficient (Wildman–Crippen LogP) is 8.17. The van der Waals surface area contributed by atoms with Crippen LogP contribution in [0.3, 0.4) is 0 Å². The molecule has 2 heterocycles. The SMILES string of the molecule is Cc1c(C(=O)O)cccc1-c1ccc(C=Nc2sc3c(c2C(=O)Nc2ccccc2)CC[C@@H](C(C)(C)C)C3)o1. The van der Waals surface area contributed by atoms with E-state index < -0.39 is 5.97 Å². The maximum atomic E-state index is 13.5. The van der Waals surface area contributed by atoms with Crippen molar-refractivity contribution in [3.05, 3.63) is 93.6 Å². The van der Waals surface area contributed by atoms with E-state index in [2.05, 4.69) is 26.1 Å². The zero-order valence-electron chi connectivity index (χ0n) is 22.6. The van der Waals surface area contributed by atoms with Crippen LogP contribution in [0, 0.1) is 18.3 Å². The molecular weight excluding hydrogens is 508 g/mol. The number of carboxylic acid groups (broad SMARTS) is 1. The average Bonchev–Trinajstić information content (AvgIpc) is 3.51. The Morgan fingerprint density at radius 1 is 1.08 bits per heavy atom. The number of nitrogens with one attached hydrogen (secondary N) is 1. The van der Waals surface area contributed by atoms with Gasteiger partial charge in [-0.25, -0.2) is 9.79 Å². The van der Waals surface area contributed by atoms with Crippen LogP contribution >= 0.6 is 11.3 Å². The number of amides is 1. The number of anilines is 1. The Morgan fingerprint density at radius 2 is 1.85 bits per heavy atom. The number of carbonyl (C=O) groups excluding carboxylic acids is 1. The number of rotatable bonds is 6. The standard InChI is InChI=1S/C32H32N2O4S/c1-19-23(11-8-12-24(19)31(36)37)26-16-14-22(38-26)18-33-30-28(29(35)34-21-9-6-5-7-10-21)25-15-13-20(32(2,3)4)17-27(25)39-30/h5-12,14,16,18,20H,13,15,17H2,1-4H3,(H,34,35)(H,36,37)/t20-/m1/s1. The monoisotopic (exact) mass is 540 g/mol. The molecule has 0 aliphatic heterocycles. The predicted molar refractivity (Wildman–Crippen MR) is 157 cm³/mol. The molecule has 1 amide bonds. The van der Waals surface area contributed by atoms with Gasteiger partial charge in [-0.2, -0.15) is 0 Å². The summed E-state index contributed by atoms with van der Waals surface area (Å²) < 4.78 is 6.03. The molecule has 5 rings (SSSR count). The number of nitrogens with zero attached hydrogens (tertiary/aromatic N) is 1. The van der Waals surface area contributed by atoms with E-state index in [9.17, 15) is 14.7 Å². The molecule has 7 heteroatoms. The fourth-order valence-electron chi connectivity index (χ4n) is 5.17. The van der Waals surface area contributed by atoms with Crippen LogP contribution in [0.4, 0.5) is 10.7 Å². The highest BCUT2D eigenvalue weighted by Gasteiger charge is 2.33. The van der Waals surface area contributed by atoms with Gasteiger partial charge in [0.25, 0.3) is 5.91 Å². The molecule has 4 aromatic rings. The summed E-state index contributed by atoms with van der Waals surface area (Å²) in [6.07, 6.45) is 4.47. The second-order valence-corrected chi connectivity index (χ2v) is 12.1. The van der Waals surface area contributed by atoms with E-state index in [1.54, 1.807) is 42.7 Å². The van der Waals surface area contributed by atoms with Crippen molar-refractivity contribution in [1.82, 2.24) is 0 Å². The van der Waals surface area contributed by atoms with Gasteiger partial charge in [0.05, 0.1) is 17.3 Å². The third-order valence-electron chi connectivity index (χ3n) is 7.50. The first kappa shape index (κ1) is 26.6. The fraction of sp³-hybridized carbons (Fsp3) is 0.281. The lowest BCUT2D eigenvalue weighted by Crippen LogP contribution is -2.27. The number of para-hydroxylation sites is 1. The van der Waals surface area contributed by atoms with Gasteiger partial charge < -0.3 is 14.8 Å². The molecule has 2 aromatic carbocycles. The largest absolute Gasteiger partial charge is 0.478 e. The van der Waals surface area contributed by atoms with E-state index in [1.807, 2.05) is 42.5 Å². The number of hydrogen-bond donors (Lipinski definition) is 2. The molecule has 1 aliphatic carbocycles. The van der Waals surface area contributed by atoms with Gasteiger partial charge in [0.1, 0.15) is 16.5 Å². The molecule has 200 valence electrons. The molecule has 0 unspecified atom stereocenters. The number of benzene rings is 2. The molecule has 2 aromatic heterocycles. The Morgan fingerprint density at radius 3 is 2.56 bits per heavy atom. The van der Waals surface area contributed by atoms with E-state index >= 15 is 0 Å². The van der Waals surface area contributed by atoms with Gasteiger partial charge >= 0.3 is 5.97 Å². The van der Waals surface area contributed by atoms with Crippen LogP contribution in [-0.4, -0.2) is 23.2 Å². The summed E-state index contributed by atoms with van der Waals surface area (Å²) in [5, 5.41) is 13.2. The van der Waals surface area contributed by atoms with Crippen molar-refractivity contribution in [2.75, 3.05) is 5.32 Å². The molecular formula is C32H32N2O4S. The highest BCUT2D eigenvalue weighted by molar-refractivity contribution is 7.16. The summed E-state index contributed by atoms with van der Waals surface area (Å²) in [5.74, 6) is 0.514. The Labute approximate surface area is 232 Å². The van der Waals surface area contributed by atoms with E-state index in [-0.39, 0.29) is 16.9 Å². The van der Waals surface area contributed by atoms with Crippen molar-refractivity contribution >= 4 is 40.1 Å². The van der Waals surface area contributed by atoms with Gasteiger partial charge in [0.15, 0.2) is 0 Å². The highest BCUT2D eigenvalue weighted by Crippen LogP contribution is 2.45. The minimum atomic E-state index is -0.973. The van der Waals surface area contributed by atoms with Crippen molar-refractivity contribution in [2.45, 2.75) is 47.0 Å². The van der Waals surface area contributed by atoms with Crippen LogP contribution < -0.4 is 5.32 Å². The number of thiophene rings is 1. The van der Waals surface area contributed by atoms with E-state index in [0.717, 1.165) is 36.1 Å². The van der Waals surface area contributed by atoms with Crippen molar-refractivity contribution < 1.29 is 19.1 Å². The quantitative estimate of drug-likeness (QED) is 0.241. The van der Waals surface area contributed by atoms with Crippen LogP contribution in [-0.2, 0) is 12.8 Å². The molecule has 39 heavy (non-hydrogen) atoms. The minimum Gasteiger partial charge on any atom is -0.478 e. The van der Waals surface area contributed by atoms with E-state index in [1.165, 1.54) is 4.88 Å². The number of aromatic carboxylic acids is 1. The molecule has 6 nitrogen and oxygen atoms in total. The van der Waals surface area contributed by atoms with Gasteiger partial charge in [-0.1, -0.05) is 51.1 Å². The summed E-state index contributed by atoms with van der Waals surface area (Å²) in [5.41, 5.74) is 4.28. The van der Waals surface area contributed by atoms with Crippen molar-refractivity contribution in [1.29, 1.82) is 0 Å². The zero-order valence-corrected chi connectivity index (χ0v) is 23.4. The van der Waals surface area contributed by atoms with Gasteiger partial charge in [0, 0.05) is 16.1 Å². The maximum Gasteiger partial charge on any atom is 0.335 e. The second kappa shape index (κ2) is 10.7. The normalized spacial score (nSPS) is 15.3. The number of fused-ring (bicyclic) bond motifs is 1. The Bertz CT molecular complexity index is 1560. The van der Waals surface area contributed by atoms with E-state index in [4.69, 9.17) is 9.41 Å². The van der Waals surface area contributed by atoms with Gasteiger partial charge in [-0.05, 0) is 79.0 Å². The first-order valence-electron chi connectivity index (χ1n) is 13.1. The number of carboxylic acids is 1. The summed E-state index contributed by atoms with van der Waals surface area (Å²) in [6, 6.07) is 18.2. The number of hydrogen-bond acceptors (Lipinski definition) is 5. The first-order valence-corrected chi connectivity index (χ1v) is 13.9. The van der Waals surface area contributed by atoms with Gasteiger partial charge in [-0.3, -0.25) is 4.79 Å². The summed E-state index contributed by atoms with van der Waals surface area (Å²) in [4.78, 5) is 31.0. The lowest BCUT2D eigenvalue weighted by Gasteiger charge is -2.33. The summed E-state index contributed by atoms with van der Waals surface area (Å²) in [6.45, 7) is 8.61.